The van der Waals surface area contributed by atoms with Crippen molar-refractivity contribution in [3.63, 3.8) is 0 Å². The summed E-state index contributed by atoms with van der Waals surface area (Å²) in [6.45, 7) is -0.0237. The minimum Gasteiger partial charge on any atom is -0.484 e. The van der Waals surface area contributed by atoms with E-state index in [1.165, 1.54) is 12.1 Å². The van der Waals surface area contributed by atoms with E-state index < -0.39 is 10.0 Å². The Bertz CT molecular complexity index is 1000. The first-order valence-electron chi connectivity index (χ1n) is 9.94. The molecule has 1 amide bonds. The van der Waals surface area contributed by atoms with Crippen molar-refractivity contribution in [3.05, 3.63) is 42.5 Å². The van der Waals surface area contributed by atoms with Crippen LogP contribution in [-0.2, 0) is 14.8 Å². The Kier molecular flexibility index (Phi) is 6.10. The van der Waals surface area contributed by atoms with Gasteiger partial charge in [0.25, 0.3) is 5.91 Å². The summed E-state index contributed by atoms with van der Waals surface area (Å²) in [5.74, 6) is 1.35. The molecular weight excluding hydrogens is 408 g/mol. The van der Waals surface area contributed by atoms with Gasteiger partial charge in [0.2, 0.25) is 16.8 Å². The number of hydrogen-bond donors (Lipinski definition) is 2. The van der Waals surface area contributed by atoms with Gasteiger partial charge in [0.05, 0.1) is 4.90 Å². The fourth-order valence-electron chi connectivity index (χ4n) is 3.54. The number of hydrogen-bond acceptors (Lipinski definition) is 6. The van der Waals surface area contributed by atoms with E-state index in [4.69, 9.17) is 14.2 Å². The average Bonchev–Trinajstić information content (AvgIpc) is 3.21. The zero-order valence-corrected chi connectivity index (χ0v) is 17.2. The van der Waals surface area contributed by atoms with Crippen LogP contribution < -0.4 is 24.2 Å². The fourth-order valence-corrected chi connectivity index (χ4v) is 4.84. The maximum Gasteiger partial charge on any atom is 0.262 e. The molecule has 1 heterocycles. The molecule has 1 fully saturated rings. The molecule has 0 spiro atoms. The Hall–Kier alpha value is -2.78. The van der Waals surface area contributed by atoms with Crippen LogP contribution in [0.4, 0.5) is 5.69 Å². The lowest BCUT2D eigenvalue weighted by Gasteiger charge is -2.22. The largest absolute Gasteiger partial charge is 0.484 e. The first-order valence-corrected chi connectivity index (χ1v) is 11.4. The number of nitrogens with one attached hydrogen (secondary N) is 2. The molecule has 9 heteroatoms. The van der Waals surface area contributed by atoms with Crippen LogP contribution in [0.15, 0.2) is 47.4 Å². The Morgan fingerprint density at radius 3 is 2.50 bits per heavy atom. The normalized spacial score (nSPS) is 16.3. The van der Waals surface area contributed by atoms with Crippen molar-refractivity contribution < 1.29 is 27.4 Å². The molecule has 0 unspecified atom stereocenters. The van der Waals surface area contributed by atoms with Crippen molar-refractivity contribution in [1.29, 1.82) is 0 Å². The monoisotopic (exact) mass is 432 g/mol. The van der Waals surface area contributed by atoms with Crippen LogP contribution in [0.2, 0.25) is 0 Å². The summed E-state index contributed by atoms with van der Waals surface area (Å²) in [4.78, 5) is 12.3. The van der Waals surface area contributed by atoms with Gasteiger partial charge in [0.15, 0.2) is 18.1 Å². The van der Waals surface area contributed by atoms with Crippen molar-refractivity contribution >= 4 is 21.6 Å². The standard InChI is InChI=1S/C21H24N2O6S/c24-21(13-27-17-8-11-19-20(12-17)29-14-28-19)22-15-6-9-18(10-7-15)30(25,26)23-16-4-2-1-3-5-16/h6-12,16,23H,1-5,13-14H2,(H,22,24). The Morgan fingerprint density at radius 2 is 1.73 bits per heavy atom. The summed E-state index contributed by atoms with van der Waals surface area (Å²) in [6.07, 6.45) is 5.00. The van der Waals surface area contributed by atoms with E-state index in [1.807, 2.05) is 0 Å². The van der Waals surface area contributed by atoms with E-state index >= 15 is 0 Å². The molecule has 0 bridgehead atoms. The van der Waals surface area contributed by atoms with Gasteiger partial charge in [0, 0.05) is 17.8 Å². The van der Waals surface area contributed by atoms with Gasteiger partial charge in [0.1, 0.15) is 5.75 Å². The maximum absolute atomic E-state index is 12.5. The molecule has 1 aliphatic heterocycles. The quantitative estimate of drug-likeness (QED) is 0.697. The molecule has 160 valence electrons. The molecule has 0 aromatic heterocycles. The molecule has 2 aliphatic rings. The van der Waals surface area contributed by atoms with E-state index in [-0.39, 0.29) is 30.2 Å². The SMILES string of the molecule is O=C(COc1ccc2c(c1)OCO2)Nc1ccc(S(=O)(=O)NC2CCCCC2)cc1. The molecule has 1 saturated carbocycles. The molecular formula is C21H24N2O6S. The molecule has 2 aromatic carbocycles. The third kappa shape index (κ3) is 5.03. The highest BCUT2D eigenvalue weighted by molar-refractivity contribution is 7.89. The minimum absolute atomic E-state index is 0.00328. The molecule has 8 nitrogen and oxygen atoms in total. The lowest BCUT2D eigenvalue weighted by molar-refractivity contribution is -0.118. The highest BCUT2D eigenvalue weighted by atomic mass is 32.2. The van der Waals surface area contributed by atoms with Crippen LogP contribution in [0.1, 0.15) is 32.1 Å². The molecule has 0 atom stereocenters. The zero-order chi connectivity index (χ0) is 21.0. The fraction of sp³-hybridized carbons (Fsp3) is 0.381. The lowest BCUT2D eigenvalue weighted by Crippen LogP contribution is -2.36. The van der Waals surface area contributed by atoms with Crippen LogP contribution in [0.3, 0.4) is 0 Å². The van der Waals surface area contributed by atoms with E-state index in [1.54, 1.807) is 30.3 Å². The third-order valence-corrected chi connectivity index (χ3v) is 6.63. The van der Waals surface area contributed by atoms with Crippen molar-refractivity contribution in [2.45, 2.75) is 43.0 Å². The summed E-state index contributed by atoms with van der Waals surface area (Å²) in [5.41, 5.74) is 0.492. The molecule has 0 saturated heterocycles. The molecule has 1 aliphatic carbocycles. The van der Waals surface area contributed by atoms with Crippen molar-refractivity contribution in [2.24, 2.45) is 0 Å². The number of sulfonamides is 1. The number of fused-ring (bicyclic) bond motifs is 1. The number of anilines is 1. The topological polar surface area (TPSA) is 103 Å². The second-order valence-electron chi connectivity index (χ2n) is 7.33. The van der Waals surface area contributed by atoms with Gasteiger partial charge in [-0.15, -0.1) is 0 Å². The lowest BCUT2D eigenvalue weighted by atomic mass is 9.96. The smallest absolute Gasteiger partial charge is 0.262 e. The number of carbonyl (C=O) groups excluding carboxylic acids is 1. The van der Waals surface area contributed by atoms with Crippen LogP contribution in [0.5, 0.6) is 17.2 Å². The second-order valence-corrected chi connectivity index (χ2v) is 9.05. The highest BCUT2D eigenvalue weighted by Gasteiger charge is 2.22. The van der Waals surface area contributed by atoms with Gasteiger partial charge in [-0.1, -0.05) is 19.3 Å². The van der Waals surface area contributed by atoms with Gasteiger partial charge < -0.3 is 19.5 Å². The maximum atomic E-state index is 12.5. The van der Waals surface area contributed by atoms with Gasteiger partial charge >= 0.3 is 0 Å². The zero-order valence-electron chi connectivity index (χ0n) is 16.4. The number of rotatable bonds is 7. The van der Waals surface area contributed by atoms with Gasteiger partial charge in [-0.3, -0.25) is 4.79 Å². The summed E-state index contributed by atoms with van der Waals surface area (Å²) in [5, 5.41) is 2.69. The highest BCUT2D eigenvalue weighted by Crippen LogP contribution is 2.35. The average molecular weight is 432 g/mol. The summed E-state index contributed by atoms with van der Waals surface area (Å²) < 4.78 is 43.8. The summed E-state index contributed by atoms with van der Waals surface area (Å²) >= 11 is 0. The molecule has 0 radical (unpaired) electrons. The van der Waals surface area contributed by atoms with E-state index in [0.717, 1.165) is 32.1 Å². The summed E-state index contributed by atoms with van der Waals surface area (Å²) in [6, 6.07) is 11.2. The number of benzene rings is 2. The number of amides is 1. The first-order chi connectivity index (χ1) is 14.5. The van der Waals surface area contributed by atoms with E-state index in [0.29, 0.717) is 22.9 Å². The van der Waals surface area contributed by atoms with E-state index in [2.05, 4.69) is 10.0 Å². The first kappa shape index (κ1) is 20.5. The predicted molar refractivity (Wildman–Crippen MR) is 110 cm³/mol. The predicted octanol–water partition coefficient (Wildman–Crippen LogP) is 3.04. The molecule has 30 heavy (non-hydrogen) atoms. The van der Waals surface area contributed by atoms with Crippen LogP contribution in [-0.4, -0.2) is 33.8 Å². The van der Waals surface area contributed by atoms with Crippen LogP contribution in [0.25, 0.3) is 0 Å². The number of carbonyl (C=O) groups is 1. The van der Waals surface area contributed by atoms with Crippen molar-refractivity contribution in [2.75, 3.05) is 18.7 Å². The van der Waals surface area contributed by atoms with Gasteiger partial charge in [-0.05, 0) is 49.2 Å². The second kappa shape index (κ2) is 8.93. The van der Waals surface area contributed by atoms with Gasteiger partial charge in [-0.25, -0.2) is 13.1 Å². The van der Waals surface area contributed by atoms with Gasteiger partial charge in [-0.2, -0.15) is 0 Å². The van der Waals surface area contributed by atoms with Crippen molar-refractivity contribution in [1.82, 2.24) is 4.72 Å². The van der Waals surface area contributed by atoms with Crippen LogP contribution >= 0.6 is 0 Å². The number of ether oxygens (including phenoxy) is 3. The third-order valence-electron chi connectivity index (χ3n) is 5.09. The summed E-state index contributed by atoms with van der Waals surface area (Å²) in [7, 11) is -3.57. The Balaban J connectivity index is 1.30. The van der Waals surface area contributed by atoms with E-state index in [9.17, 15) is 13.2 Å². The van der Waals surface area contributed by atoms with Crippen molar-refractivity contribution in [3.8, 4) is 17.2 Å². The molecule has 2 N–H and O–H groups in total. The minimum atomic E-state index is -3.57. The van der Waals surface area contributed by atoms with Crippen LogP contribution in [0, 0.1) is 0 Å². The molecule has 2 aromatic rings. The molecule has 4 rings (SSSR count). The Morgan fingerprint density at radius 1 is 1.00 bits per heavy atom. The Labute approximate surface area is 175 Å².